The largest absolute Gasteiger partial charge is 0.497 e. The summed E-state index contributed by atoms with van der Waals surface area (Å²) in [5, 5.41) is 6.73. The monoisotopic (exact) mass is 433 g/mol. The van der Waals surface area contributed by atoms with Crippen LogP contribution in [0.5, 0.6) is 5.75 Å². The molecule has 1 aromatic carbocycles. The predicted octanol–water partition coefficient (Wildman–Crippen LogP) is 5.02. The highest BCUT2D eigenvalue weighted by molar-refractivity contribution is 9.11. The summed E-state index contributed by atoms with van der Waals surface area (Å²) in [6.45, 7) is 4.29. The predicted molar refractivity (Wildman–Crippen MR) is 110 cm³/mol. The third-order valence-corrected chi connectivity index (χ3v) is 5.80. The molecule has 0 fully saturated rings. The van der Waals surface area contributed by atoms with Crippen LogP contribution < -0.4 is 9.54 Å². The van der Waals surface area contributed by atoms with Gasteiger partial charge < -0.3 is 4.74 Å². The van der Waals surface area contributed by atoms with Gasteiger partial charge in [0.2, 0.25) is 4.80 Å². The van der Waals surface area contributed by atoms with Crippen molar-refractivity contribution in [2.75, 3.05) is 13.7 Å². The van der Waals surface area contributed by atoms with E-state index < -0.39 is 0 Å². The molecule has 0 atom stereocenters. The second kappa shape index (κ2) is 8.42. The first-order valence-corrected chi connectivity index (χ1v) is 9.96. The average Bonchev–Trinajstić information content (AvgIpc) is 3.24. The Morgan fingerprint density at radius 3 is 2.68 bits per heavy atom. The van der Waals surface area contributed by atoms with Crippen molar-refractivity contribution in [3.8, 4) is 16.3 Å². The molecule has 0 bridgehead atoms. The second-order valence-electron chi connectivity index (χ2n) is 4.97. The van der Waals surface area contributed by atoms with Gasteiger partial charge in [-0.3, -0.25) is 4.99 Å². The van der Waals surface area contributed by atoms with Crippen molar-refractivity contribution in [1.29, 1.82) is 0 Å². The van der Waals surface area contributed by atoms with E-state index >= 15 is 0 Å². The molecule has 3 rings (SSSR count). The summed E-state index contributed by atoms with van der Waals surface area (Å²) in [4.78, 5) is 6.51. The van der Waals surface area contributed by atoms with Crippen molar-refractivity contribution in [2.24, 2.45) is 10.1 Å². The fraction of sp³-hybridized carbons (Fsp3) is 0.111. The lowest BCUT2D eigenvalue weighted by molar-refractivity contribution is 0.415. The Balaban J connectivity index is 2.00. The third kappa shape index (κ3) is 4.36. The number of methoxy groups -OCH3 is 1. The van der Waals surface area contributed by atoms with Gasteiger partial charge >= 0.3 is 0 Å². The third-order valence-electron chi connectivity index (χ3n) is 3.30. The molecule has 0 aliphatic heterocycles. The van der Waals surface area contributed by atoms with E-state index in [1.807, 2.05) is 41.2 Å². The van der Waals surface area contributed by atoms with Crippen molar-refractivity contribution in [1.82, 2.24) is 4.68 Å². The number of ether oxygens (including phenoxy) is 1. The number of benzene rings is 1. The zero-order chi connectivity index (χ0) is 17.6. The zero-order valence-electron chi connectivity index (χ0n) is 13.6. The van der Waals surface area contributed by atoms with Crippen molar-refractivity contribution in [2.45, 2.75) is 0 Å². The van der Waals surface area contributed by atoms with Crippen LogP contribution in [0.4, 0.5) is 0 Å². The molecule has 0 amide bonds. The van der Waals surface area contributed by atoms with Gasteiger partial charge in [-0.1, -0.05) is 6.08 Å². The van der Waals surface area contributed by atoms with Crippen molar-refractivity contribution in [3.63, 3.8) is 0 Å². The molecule has 2 aromatic heterocycles. The summed E-state index contributed by atoms with van der Waals surface area (Å²) in [5.41, 5.74) is 2.01. The molecule has 0 unspecified atom stereocenters. The van der Waals surface area contributed by atoms with E-state index in [0.717, 1.165) is 30.5 Å². The van der Waals surface area contributed by atoms with Crippen LogP contribution in [0.25, 0.3) is 10.6 Å². The highest BCUT2D eigenvalue weighted by Crippen LogP contribution is 2.31. The zero-order valence-corrected chi connectivity index (χ0v) is 16.8. The number of thiophene rings is 1. The smallest absolute Gasteiger partial charge is 0.206 e. The van der Waals surface area contributed by atoms with Crippen molar-refractivity contribution >= 4 is 44.8 Å². The number of hydrogen-bond donors (Lipinski definition) is 0. The number of halogens is 1. The maximum atomic E-state index is 5.19. The molecule has 0 aliphatic rings. The van der Waals surface area contributed by atoms with Gasteiger partial charge in [-0.05, 0) is 57.9 Å². The molecule has 0 aliphatic carbocycles. The van der Waals surface area contributed by atoms with Gasteiger partial charge in [-0.2, -0.15) is 5.10 Å². The summed E-state index contributed by atoms with van der Waals surface area (Å²) in [6, 6.07) is 11.9. The van der Waals surface area contributed by atoms with Gasteiger partial charge in [0.05, 0.1) is 34.2 Å². The van der Waals surface area contributed by atoms with Gasteiger partial charge in [-0.25, -0.2) is 4.68 Å². The van der Waals surface area contributed by atoms with Crippen molar-refractivity contribution in [3.05, 3.63) is 68.6 Å². The highest BCUT2D eigenvalue weighted by Gasteiger charge is 2.09. The summed E-state index contributed by atoms with van der Waals surface area (Å²) >= 11 is 6.75. The Bertz CT molecular complexity index is 951. The van der Waals surface area contributed by atoms with E-state index in [1.165, 1.54) is 0 Å². The first kappa shape index (κ1) is 17.8. The molecule has 3 aromatic rings. The summed E-state index contributed by atoms with van der Waals surface area (Å²) in [6.07, 6.45) is 3.60. The molecule has 25 heavy (non-hydrogen) atoms. The van der Waals surface area contributed by atoms with Gasteiger partial charge in [0.15, 0.2) is 0 Å². The Hall–Kier alpha value is -1.96. The summed E-state index contributed by atoms with van der Waals surface area (Å²) < 4.78 is 8.15. The van der Waals surface area contributed by atoms with E-state index in [1.54, 1.807) is 35.9 Å². The normalized spacial score (nSPS) is 12.0. The molecule has 0 saturated carbocycles. The molecule has 128 valence electrons. The van der Waals surface area contributed by atoms with E-state index in [9.17, 15) is 0 Å². The first-order chi connectivity index (χ1) is 12.2. The number of aromatic nitrogens is 1. The number of hydrogen-bond acceptors (Lipinski definition) is 5. The number of rotatable bonds is 6. The van der Waals surface area contributed by atoms with Gasteiger partial charge in [0, 0.05) is 5.38 Å². The molecule has 2 heterocycles. The molecule has 0 spiro atoms. The maximum Gasteiger partial charge on any atom is 0.206 e. The molecular formula is C18H16BrN3OS2. The van der Waals surface area contributed by atoms with Crippen LogP contribution in [0.1, 0.15) is 5.56 Å². The van der Waals surface area contributed by atoms with Crippen LogP contribution >= 0.6 is 38.6 Å². The SMILES string of the molecule is C=CCN=c1scc(-c2ccc(Br)s2)n1/N=C\c1ccc(OC)cc1. The molecule has 4 nitrogen and oxygen atoms in total. The maximum absolute atomic E-state index is 5.19. The quantitative estimate of drug-likeness (QED) is 0.397. The van der Waals surface area contributed by atoms with Crippen LogP contribution in [-0.4, -0.2) is 24.5 Å². The standard InChI is InChI=1S/C18H16BrN3OS2/c1-3-10-20-18-22(15(12-24-18)16-8-9-17(19)25-16)21-11-13-4-6-14(23-2)7-5-13/h3-9,11-12H,1,10H2,2H3/b20-18?,21-11-. The Labute approximate surface area is 162 Å². The average molecular weight is 434 g/mol. The summed E-state index contributed by atoms with van der Waals surface area (Å²) in [7, 11) is 1.66. The minimum absolute atomic E-state index is 0.562. The summed E-state index contributed by atoms with van der Waals surface area (Å²) in [5.74, 6) is 0.825. The lowest BCUT2D eigenvalue weighted by atomic mass is 10.2. The minimum atomic E-state index is 0.562. The Morgan fingerprint density at radius 1 is 1.24 bits per heavy atom. The van der Waals surface area contributed by atoms with Crippen LogP contribution in [0.2, 0.25) is 0 Å². The molecule has 0 saturated heterocycles. The van der Waals surface area contributed by atoms with E-state index in [-0.39, 0.29) is 0 Å². The first-order valence-electron chi connectivity index (χ1n) is 7.47. The van der Waals surface area contributed by atoms with Crippen LogP contribution in [0.3, 0.4) is 0 Å². The topological polar surface area (TPSA) is 38.9 Å². The van der Waals surface area contributed by atoms with Gasteiger partial charge in [-0.15, -0.1) is 29.3 Å². The van der Waals surface area contributed by atoms with E-state index in [4.69, 9.17) is 4.74 Å². The van der Waals surface area contributed by atoms with Gasteiger partial charge in [0.25, 0.3) is 0 Å². The Kier molecular flexibility index (Phi) is 6.01. The molecule has 0 N–H and O–H groups in total. The lowest BCUT2D eigenvalue weighted by Gasteiger charge is -2.02. The van der Waals surface area contributed by atoms with E-state index in [0.29, 0.717) is 6.54 Å². The molecular weight excluding hydrogens is 418 g/mol. The fourth-order valence-corrected chi connectivity index (χ4v) is 4.40. The number of nitrogens with zero attached hydrogens (tertiary/aromatic N) is 3. The van der Waals surface area contributed by atoms with Gasteiger partial charge in [0.1, 0.15) is 5.75 Å². The number of thiazole rings is 1. The fourth-order valence-electron chi connectivity index (χ4n) is 2.10. The molecule has 7 heteroatoms. The lowest BCUT2D eigenvalue weighted by Crippen LogP contribution is -2.12. The van der Waals surface area contributed by atoms with Crippen LogP contribution in [0, 0.1) is 0 Å². The molecule has 0 radical (unpaired) electrons. The van der Waals surface area contributed by atoms with Crippen molar-refractivity contribution < 1.29 is 4.74 Å². The minimum Gasteiger partial charge on any atom is -0.497 e. The van der Waals surface area contributed by atoms with E-state index in [2.05, 4.69) is 44.0 Å². The van der Waals surface area contributed by atoms with Crippen LogP contribution in [-0.2, 0) is 0 Å². The second-order valence-corrected chi connectivity index (χ2v) is 8.27. The van der Waals surface area contributed by atoms with Crippen LogP contribution in [0.15, 0.2) is 68.3 Å². The Morgan fingerprint density at radius 2 is 2.04 bits per heavy atom. The highest BCUT2D eigenvalue weighted by atomic mass is 79.9.